The summed E-state index contributed by atoms with van der Waals surface area (Å²) >= 11 is 0. The Morgan fingerprint density at radius 2 is 2.19 bits per heavy atom. The van der Waals surface area contributed by atoms with Gasteiger partial charge in [0.1, 0.15) is 11.9 Å². The van der Waals surface area contributed by atoms with Crippen LogP contribution in [0.3, 0.4) is 0 Å². The molecule has 1 atom stereocenters. The minimum atomic E-state index is -1.42. The molecule has 8 heteroatoms. The van der Waals surface area contributed by atoms with Crippen LogP contribution in [0, 0.1) is 5.82 Å². The van der Waals surface area contributed by atoms with Gasteiger partial charge in [-0.1, -0.05) is 0 Å². The third-order valence-corrected chi connectivity index (χ3v) is 2.83. The highest BCUT2D eigenvalue weighted by Crippen LogP contribution is 2.17. The summed E-state index contributed by atoms with van der Waals surface area (Å²) in [6.45, 7) is 0. The molecule has 4 N–H and O–H groups in total. The topological polar surface area (TPSA) is 110 Å². The van der Waals surface area contributed by atoms with Gasteiger partial charge >= 0.3 is 5.97 Å². The molecule has 0 spiro atoms. The Labute approximate surface area is 119 Å². The van der Waals surface area contributed by atoms with Gasteiger partial charge in [-0.3, -0.25) is 9.48 Å². The van der Waals surface area contributed by atoms with E-state index >= 15 is 0 Å². The number of anilines is 1. The number of hydrogen-bond acceptors (Lipinski definition) is 4. The molecule has 0 bridgehead atoms. The third-order valence-electron chi connectivity index (χ3n) is 2.83. The van der Waals surface area contributed by atoms with Crippen LogP contribution in [-0.2, 0) is 11.8 Å². The van der Waals surface area contributed by atoms with Gasteiger partial charge < -0.3 is 16.2 Å². The van der Waals surface area contributed by atoms with E-state index in [0.717, 1.165) is 12.1 Å². The number of carboxylic acids is 1. The second-order valence-electron chi connectivity index (χ2n) is 4.41. The number of aryl methyl sites for hydroxylation is 1. The Kier molecular flexibility index (Phi) is 3.99. The van der Waals surface area contributed by atoms with E-state index in [1.54, 1.807) is 13.2 Å². The monoisotopic (exact) mass is 292 g/mol. The Morgan fingerprint density at radius 1 is 1.48 bits per heavy atom. The molecule has 0 saturated heterocycles. The van der Waals surface area contributed by atoms with Crippen molar-refractivity contribution >= 4 is 17.6 Å². The van der Waals surface area contributed by atoms with Crippen molar-refractivity contribution in [3.05, 3.63) is 47.5 Å². The third kappa shape index (κ3) is 3.23. The first-order valence-electron chi connectivity index (χ1n) is 5.96. The predicted octanol–water partition coefficient (Wildman–Crippen LogP) is 0.896. The van der Waals surface area contributed by atoms with Crippen molar-refractivity contribution in [3.8, 4) is 0 Å². The van der Waals surface area contributed by atoms with Crippen LogP contribution in [0.1, 0.15) is 22.0 Å². The summed E-state index contributed by atoms with van der Waals surface area (Å²) in [5.74, 6) is -2.84. The van der Waals surface area contributed by atoms with Gasteiger partial charge in [0, 0.05) is 24.5 Å². The van der Waals surface area contributed by atoms with Gasteiger partial charge in [-0.2, -0.15) is 5.10 Å². The lowest BCUT2D eigenvalue weighted by molar-refractivity contribution is -0.117. The van der Waals surface area contributed by atoms with Crippen LogP contribution in [0.5, 0.6) is 0 Å². The van der Waals surface area contributed by atoms with Crippen molar-refractivity contribution in [2.45, 2.75) is 6.04 Å². The lowest BCUT2D eigenvalue weighted by Crippen LogP contribution is -2.27. The van der Waals surface area contributed by atoms with Crippen LogP contribution in [0.15, 0.2) is 30.6 Å². The Morgan fingerprint density at radius 3 is 2.76 bits per heavy atom. The van der Waals surface area contributed by atoms with Gasteiger partial charge in [-0.05, 0) is 18.2 Å². The van der Waals surface area contributed by atoms with E-state index in [4.69, 9.17) is 10.8 Å². The number of carbonyl (C=O) groups excluding carboxylic acids is 1. The molecule has 1 unspecified atom stereocenters. The lowest BCUT2D eigenvalue weighted by atomic mass is 10.1. The molecule has 0 saturated carbocycles. The summed E-state index contributed by atoms with van der Waals surface area (Å²) in [6, 6.07) is 2.30. The van der Waals surface area contributed by atoms with Crippen molar-refractivity contribution in [1.29, 1.82) is 0 Å². The van der Waals surface area contributed by atoms with Gasteiger partial charge in [0.25, 0.3) is 0 Å². The fraction of sp³-hybridized carbons (Fsp3) is 0.154. The molecule has 1 heterocycles. The molecule has 0 aliphatic carbocycles. The van der Waals surface area contributed by atoms with E-state index in [-0.39, 0.29) is 5.69 Å². The Balaban J connectivity index is 2.16. The first kappa shape index (κ1) is 14.7. The molecule has 2 rings (SSSR count). The Hall–Kier alpha value is -2.74. The average molecular weight is 292 g/mol. The van der Waals surface area contributed by atoms with Crippen molar-refractivity contribution in [1.82, 2.24) is 9.78 Å². The molecule has 1 aromatic heterocycles. The smallest absolute Gasteiger partial charge is 0.338 e. The average Bonchev–Trinajstić information content (AvgIpc) is 2.86. The number of halogens is 1. The maximum absolute atomic E-state index is 13.3. The minimum Gasteiger partial charge on any atom is -0.478 e. The summed E-state index contributed by atoms with van der Waals surface area (Å²) in [7, 11) is 1.69. The molecule has 110 valence electrons. The predicted molar refractivity (Wildman–Crippen MR) is 72.1 cm³/mol. The number of nitrogens with two attached hydrogens (primary N) is 1. The number of benzene rings is 1. The van der Waals surface area contributed by atoms with E-state index in [1.165, 1.54) is 16.9 Å². The molecule has 0 radical (unpaired) electrons. The molecule has 7 nitrogen and oxygen atoms in total. The van der Waals surface area contributed by atoms with E-state index in [9.17, 15) is 14.0 Å². The zero-order valence-electron chi connectivity index (χ0n) is 11.1. The number of hydrogen-bond donors (Lipinski definition) is 3. The van der Waals surface area contributed by atoms with Gasteiger partial charge in [0.2, 0.25) is 5.91 Å². The zero-order chi connectivity index (χ0) is 15.6. The number of carbonyl (C=O) groups is 2. The molecular weight excluding hydrogens is 279 g/mol. The standard InChI is InChI=1S/C13H13FN4O3/c1-18-6-7(5-16-18)11(15)12(19)17-8-2-3-10(14)9(4-8)13(20)21/h2-6,11H,15H2,1H3,(H,17,19)(H,20,21). The highest BCUT2D eigenvalue weighted by atomic mass is 19.1. The van der Waals surface area contributed by atoms with E-state index in [2.05, 4.69) is 10.4 Å². The molecule has 0 fully saturated rings. The number of aromatic carboxylic acids is 1. The fourth-order valence-electron chi connectivity index (χ4n) is 1.74. The van der Waals surface area contributed by atoms with Crippen molar-refractivity contribution in [2.24, 2.45) is 12.8 Å². The SMILES string of the molecule is Cn1cc(C(N)C(=O)Nc2ccc(F)c(C(=O)O)c2)cn1. The summed E-state index contributed by atoms with van der Waals surface area (Å²) in [4.78, 5) is 22.8. The van der Waals surface area contributed by atoms with Crippen LogP contribution in [0.2, 0.25) is 0 Å². The molecule has 1 aromatic carbocycles. The lowest BCUT2D eigenvalue weighted by Gasteiger charge is -2.11. The van der Waals surface area contributed by atoms with E-state index < -0.39 is 29.3 Å². The van der Waals surface area contributed by atoms with E-state index in [0.29, 0.717) is 5.56 Å². The van der Waals surface area contributed by atoms with Crippen molar-refractivity contribution in [2.75, 3.05) is 5.32 Å². The number of amides is 1. The van der Waals surface area contributed by atoms with Crippen molar-refractivity contribution in [3.63, 3.8) is 0 Å². The normalized spacial score (nSPS) is 12.0. The van der Waals surface area contributed by atoms with Crippen molar-refractivity contribution < 1.29 is 19.1 Å². The Bertz CT molecular complexity index is 698. The minimum absolute atomic E-state index is 0.151. The molecule has 1 amide bonds. The largest absolute Gasteiger partial charge is 0.478 e. The first-order valence-corrected chi connectivity index (χ1v) is 5.96. The van der Waals surface area contributed by atoms with Crippen LogP contribution >= 0.6 is 0 Å². The number of aromatic nitrogens is 2. The molecule has 2 aromatic rings. The van der Waals surface area contributed by atoms with Gasteiger partial charge in [0.15, 0.2) is 0 Å². The first-order chi connectivity index (χ1) is 9.88. The highest BCUT2D eigenvalue weighted by molar-refractivity contribution is 5.97. The van der Waals surface area contributed by atoms with E-state index in [1.807, 2.05) is 0 Å². The summed E-state index contributed by atoms with van der Waals surface area (Å²) in [5, 5.41) is 15.2. The second kappa shape index (κ2) is 5.71. The summed E-state index contributed by atoms with van der Waals surface area (Å²) in [5.41, 5.74) is 5.91. The van der Waals surface area contributed by atoms with Gasteiger partial charge in [0.05, 0.1) is 11.8 Å². The van der Waals surface area contributed by atoms with Crippen LogP contribution in [-0.4, -0.2) is 26.8 Å². The summed E-state index contributed by atoms with van der Waals surface area (Å²) in [6.07, 6.45) is 3.05. The van der Waals surface area contributed by atoms with Crippen LogP contribution in [0.25, 0.3) is 0 Å². The fourth-order valence-corrected chi connectivity index (χ4v) is 1.74. The van der Waals surface area contributed by atoms with Crippen LogP contribution in [0.4, 0.5) is 10.1 Å². The van der Waals surface area contributed by atoms with Crippen LogP contribution < -0.4 is 11.1 Å². The molecule has 0 aliphatic rings. The molecule has 0 aliphatic heterocycles. The number of nitrogens with one attached hydrogen (secondary N) is 1. The number of rotatable bonds is 4. The van der Waals surface area contributed by atoms with Gasteiger partial charge in [-0.15, -0.1) is 0 Å². The number of carboxylic acid groups (broad SMARTS) is 1. The zero-order valence-corrected chi connectivity index (χ0v) is 11.1. The quantitative estimate of drug-likeness (QED) is 0.775. The second-order valence-corrected chi connectivity index (χ2v) is 4.41. The molecular formula is C13H13FN4O3. The number of nitrogens with zero attached hydrogens (tertiary/aromatic N) is 2. The molecule has 21 heavy (non-hydrogen) atoms. The summed E-state index contributed by atoms with van der Waals surface area (Å²) < 4.78 is 14.8. The maximum atomic E-state index is 13.3. The van der Waals surface area contributed by atoms with Gasteiger partial charge in [-0.25, -0.2) is 9.18 Å². The highest BCUT2D eigenvalue weighted by Gasteiger charge is 2.18. The maximum Gasteiger partial charge on any atom is 0.338 e.